The maximum Gasteiger partial charge on any atom is 0.253 e. The molecule has 0 aliphatic heterocycles. The van der Waals surface area contributed by atoms with Crippen LogP contribution in [0.5, 0.6) is 0 Å². The van der Waals surface area contributed by atoms with E-state index in [-0.39, 0.29) is 5.91 Å². The van der Waals surface area contributed by atoms with Crippen molar-refractivity contribution in [2.24, 2.45) is 0 Å². The molecule has 0 saturated heterocycles. The van der Waals surface area contributed by atoms with E-state index in [9.17, 15) is 4.79 Å². The van der Waals surface area contributed by atoms with Crippen molar-refractivity contribution < 1.29 is 4.79 Å². The Labute approximate surface area is 136 Å². The molecule has 0 atom stereocenters. The Morgan fingerprint density at radius 3 is 2.59 bits per heavy atom. The van der Waals surface area contributed by atoms with Gasteiger partial charge in [0, 0.05) is 6.54 Å². The van der Waals surface area contributed by atoms with E-state index in [1.54, 1.807) is 0 Å². The minimum atomic E-state index is 0.00714. The van der Waals surface area contributed by atoms with Crippen molar-refractivity contribution in [1.82, 2.24) is 5.32 Å². The summed E-state index contributed by atoms with van der Waals surface area (Å²) in [5.74, 6) is 0.00714. The number of halogens is 3. The third kappa shape index (κ3) is 6.02. The van der Waals surface area contributed by atoms with Crippen LogP contribution in [-0.2, 0) is 0 Å². The first-order valence-electron chi connectivity index (χ1n) is 5.44. The first-order valence-corrected chi connectivity index (χ1v) is 9.37. The number of rotatable bonds is 7. The van der Waals surface area contributed by atoms with Crippen molar-refractivity contribution >= 4 is 71.7 Å². The molecule has 96 valence electrons. The number of hydrogen-bond acceptors (Lipinski definition) is 2. The fourth-order valence-electron chi connectivity index (χ4n) is 1.37. The molecule has 0 spiro atoms. The first-order chi connectivity index (χ1) is 8.15. The second-order valence-electron chi connectivity index (χ2n) is 3.60. The Morgan fingerprint density at radius 1 is 1.29 bits per heavy atom. The number of alkyl halides is 1. The lowest BCUT2D eigenvalue weighted by Gasteiger charge is -2.03. The molecule has 0 aromatic carbocycles. The standard InChI is InChI=1S/C11H14Br2INOS/c12-9-7-8(10(13)17-9)11(16)15-6-4-2-1-3-5-14/h7H,1-6H2,(H,15,16). The van der Waals surface area contributed by atoms with Gasteiger partial charge in [0.05, 0.1) is 13.1 Å². The molecule has 0 bridgehead atoms. The van der Waals surface area contributed by atoms with E-state index in [0.717, 1.165) is 20.5 Å². The van der Waals surface area contributed by atoms with Crippen molar-refractivity contribution in [3.05, 3.63) is 19.2 Å². The maximum absolute atomic E-state index is 11.8. The van der Waals surface area contributed by atoms with Gasteiger partial charge in [0.15, 0.2) is 0 Å². The maximum atomic E-state index is 11.8. The summed E-state index contributed by atoms with van der Waals surface area (Å²) in [6, 6.07) is 1.85. The molecular weight excluding hydrogens is 481 g/mol. The fourth-order valence-corrected chi connectivity index (χ4v) is 4.70. The Hall–Kier alpha value is 0.860. The molecule has 0 saturated carbocycles. The largest absolute Gasteiger partial charge is 0.352 e. The summed E-state index contributed by atoms with van der Waals surface area (Å²) >= 11 is 10.7. The van der Waals surface area contributed by atoms with Crippen LogP contribution in [0.4, 0.5) is 0 Å². The van der Waals surface area contributed by atoms with Gasteiger partial charge in [-0.2, -0.15) is 0 Å². The molecule has 0 radical (unpaired) electrons. The predicted molar refractivity (Wildman–Crippen MR) is 89.4 cm³/mol. The summed E-state index contributed by atoms with van der Waals surface area (Å²) in [4.78, 5) is 11.8. The molecule has 0 aliphatic rings. The van der Waals surface area contributed by atoms with Crippen LogP contribution in [0.2, 0.25) is 0 Å². The van der Waals surface area contributed by atoms with Crippen molar-refractivity contribution in [2.45, 2.75) is 25.7 Å². The van der Waals surface area contributed by atoms with Gasteiger partial charge >= 0.3 is 0 Å². The molecule has 1 N–H and O–H groups in total. The SMILES string of the molecule is O=C(NCCCCCCI)c1cc(Br)sc1Br. The highest BCUT2D eigenvalue weighted by Crippen LogP contribution is 2.31. The summed E-state index contributed by atoms with van der Waals surface area (Å²) in [7, 11) is 0. The number of amides is 1. The van der Waals surface area contributed by atoms with Crippen LogP contribution in [0, 0.1) is 0 Å². The lowest BCUT2D eigenvalue weighted by Crippen LogP contribution is -2.24. The van der Waals surface area contributed by atoms with Crippen molar-refractivity contribution in [2.75, 3.05) is 11.0 Å². The van der Waals surface area contributed by atoms with E-state index < -0.39 is 0 Å². The van der Waals surface area contributed by atoms with Crippen LogP contribution in [0.1, 0.15) is 36.0 Å². The number of hydrogen-bond donors (Lipinski definition) is 1. The Balaban J connectivity index is 2.23. The number of unbranched alkanes of at least 4 members (excludes halogenated alkanes) is 3. The molecule has 0 fully saturated rings. The van der Waals surface area contributed by atoms with Crippen molar-refractivity contribution in [1.29, 1.82) is 0 Å². The zero-order chi connectivity index (χ0) is 12.7. The van der Waals surface area contributed by atoms with E-state index in [4.69, 9.17) is 0 Å². The average Bonchev–Trinajstić information content (AvgIpc) is 2.62. The zero-order valence-electron chi connectivity index (χ0n) is 9.27. The highest BCUT2D eigenvalue weighted by Gasteiger charge is 2.12. The lowest BCUT2D eigenvalue weighted by atomic mass is 10.2. The predicted octanol–water partition coefficient (Wildman–Crippen LogP) is 5.00. The van der Waals surface area contributed by atoms with E-state index >= 15 is 0 Å². The second-order valence-corrected chi connectivity index (χ2v) is 8.43. The molecule has 1 aromatic heterocycles. The van der Waals surface area contributed by atoms with Crippen molar-refractivity contribution in [3.63, 3.8) is 0 Å². The second kappa shape index (κ2) is 8.87. The summed E-state index contributed by atoms with van der Waals surface area (Å²) in [6.07, 6.45) is 4.78. The third-order valence-corrected chi connectivity index (χ3v) is 5.35. The van der Waals surface area contributed by atoms with Gasteiger partial charge in [0.25, 0.3) is 5.91 Å². The molecular formula is C11H14Br2INOS. The molecule has 0 unspecified atom stereocenters. The lowest BCUT2D eigenvalue weighted by molar-refractivity contribution is 0.0952. The molecule has 6 heteroatoms. The van der Waals surface area contributed by atoms with Crippen LogP contribution in [0.25, 0.3) is 0 Å². The van der Waals surface area contributed by atoms with Gasteiger partial charge < -0.3 is 5.32 Å². The molecule has 1 aromatic rings. The molecule has 1 amide bonds. The van der Waals surface area contributed by atoms with Crippen LogP contribution < -0.4 is 5.32 Å². The van der Waals surface area contributed by atoms with Crippen LogP contribution in [-0.4, -0.2) is 16.9 Å². The number of carbonyl (C=O) groups is 1. The fraction of sp³-hybridized carbons (Fsp3) is 0.545. The van der Waals surface area contributed by atoms with Gasteiger partial charge in [-0.3, -0.25) is 4.79 Å². The Morgan fingerprint density at radius 2 is 2.00 bits per heavy atom. The molecule has 17 heavy (non-hydrogen) atoms. The molecule has 0 aliphatic carbocycles. The smallest absolute Gasteiger partial charge is 0.253 e. The highest BCUT2D eigenvalue weighted by molar-refractivity contribution is 14.1. The van der Waals surface area contributed by atoms with Crippen LogP contribution in [0.3, 0.4) is 0 Å². The minimum Gasteiger partial charge on any atom is -0.352 e. The van der Waals surface area contributed by atoms with Crippen LogP contribution in [0.15, 0.2) is 13.6 Å². The summed E-state index contributed by atoms with van der Waals surface area (Å²) in [5.41, 5.74) is 0.717. The normalized spacial score (nSPS) is 10.5. The van der Waals surface area contributed by atoms with E-state index in [2.05, 4.69) is 59.8 Å². The average molecular weight is 495 g/mol. The monoisotopic (exact) mass is 493 g/mol. The highest BCUT2D eigenvalue weighted by atomic mass is 127. The van der Waals surface area contributed by atoms with Gasteiger partial charge in [-0.05, 0) is 55.2 Å². The van der Waals surface area contributed by atoms with Crippen molar-refractivity contribution in [3.8, 4) is 0 Å². The zero-order valence-corrected chi connectivity index (χ0v) is 15.4. The van der Waals surface area contributed by atoms with E-state index in [1.165, 1.54) is 35.0 Å². The number of nitrogens with one attached hydrogen (secondary N) is 1. The summed E-state index contributed by atoms with van der Waals surface area (Å²) < 4.78 is 3.07. The number of thiophene rings is 1. The van der Waals surface area contributed by atoms with Gasteiger partial charge in [0.1, 0.15) is 0 Å². The van der Waals surface area contributed by atoms with Gasteiger partial charge in [-0.25, -0.2) is 0 Å². The third-order valence-electron chi connectivity index (χ3n) is 2.25. The minimum absolute atomic E-state index is 0.00714. The van der Waals surface area contributed by atoms with Gasteiger partial charge in [0.2, 0.25) is 0 Å². The first kappa shape index (κ1) is 15.9. The van der Waals surface area contributed by atoms with E-state index in [1.807, 2.05) is 6.07 Å². The van der Waals surface area contributed by atoms with Crippen LogP contribution >= 0.6 is 65.8 Å². The Bertz CT molecular complexity index is 370. The Kier molecular flexibility index (Phi) is 8.31. The molecule has 2 nitrogen and oxygen atoms in total. The van der Waals surface area contributed by atoms with E-state index in [0.29, 0.717) is 5.56 Å². The number of carbonyl (C=O) groups excluding carboxylic acids is 1. The summed E-state index contributed by atoms with van der Waals surface area (Å²) in [6.45, 7) is 0.764. The summed E-state index contributed by atoms with van der Waals surface area (Å²) in [5, 5.41) is 2.95. The molecule has 1 rings (SSSR count). The van der Waals surface area contributed by atoms with Gasteiger partial charge in [-0.15, -0.1) is 11.3 Å². The quantitative estimate of drug-likeness (QED) is 0.323. The van der Waals surface area contributed by atoms with Gasteiger partial charge in [-0.1, -0.05) is 35.4 Å². The molecule has 1 heterocycles. The topological polar surface area (TPSA) is 29.1 Å².